The Labute approximate surface area is 175 Å². The lowest BCUT2D eigenvalue weighted by Crippen LogP contribution is -2.15. The zero-order valence-corrected chi connectivity index (χ0v) is 16.5. The minimum Gasteiger partial charge on any atom is -0.414 e. The molecular formula is C21H15F2N7O. The zero-order valence-electron chi connectivity index (χ0n) is 16.5. The summed E-state index contributed by atoms with van der Waals surface area (Å²) in [5.41, 5.74) is 6.87. The van der Waals surface area contributed by atoms with Gasteiger partial charge in [0.1, 0.15) is 11.6 Å². The van der Waals surface area contributed by atoms with E-state index < -0.39 is 17.0 Å². The van der Waals surface area contributed by atoms with Crippen molar-refractivity contribution in [2.45, 2.75) is 19.3 Å². The SMILES string of the molecule is CC(C)(C#N)c1cc(-c2cnc(N)c(-c3nnc(-c4ccc(F)cc4F)o3)n2)ccn1. The highest BCUT2D eigenvalue weighted by Gasteiger charge is 2.23. The molecule has 4 rings (SSSR count). The van der Waals surface area contributed by atoms with Crippen molar-refractivity contribution in [2.75, 3.05) is 5.73 Å². The molecule has 0 fully saturated rings. The largest absolute Gasteiger partial charge is 0.414 e. The number of rotatable bonds is 4. The first-order valence-corrected chi connectivity index (χ1v) is 9.08. The summed E-state index contributed by atoms with van der Waals surface area (Å²) in [6.45, 7) is 3.52. The van der Waals surface area contributed by atoms with Crippen molar-refractivity contribution >= 4 is 5.82 Å². The predicted molar refractivity (Wildman–Crippen MR) is 107 cm³/mol. The van der Waals surface area contributed by atoms with Gasteiger partial charge in [0, 0.05) is 17.8 Å². The molecule has 0 atom stereocenters. The van der Waals surface area contributed by atoms with E-state index in [0.29, 0.717) is 17.0 Å². The Bertz CT molecular complexity index is 1330. The minimum absolute atomic E-state index is 0.0326. The van der Waals surface area contributed by atoms with E-state index in [-0.39, 0.29) is 28.9 Å². The number of hydrogen-bond donors (Lipinski definition) is 1. The predicted octanol–water partition coefficient (Wildman–Crippen LogP) is 3.92. The van der Waals surface area contributed by atoms with Crippen molar-refractivity contribution in [3.05, 3.63) is 60.1 Å². The fraction of sp³-hybridized carbons (Fsp3) is 0.143. The van der Waals surface area contributed by atoms with Crippen LogP contribution in [0, 0.1) is 23.0 Å². The Morgan fingerprint density at radius 2 is 1.84 bits per heavy atom. The molecule has 8 nitrogen and oxygen atoms in total. The molecule has 0 unspecified atom stereocenters. The molecule has 0 saturated heterocycles. The highest BCUT2D eigenvalue weighted by atomic mass is 19.1. The van der Waals surface area contributed by atoms with E-state index in [1.54, 1.807) is 32.2 Å². The molecule has 10 heteroatoms. The average Bonchev–Trinajstić information content (AvgIpc) is 3.24. The minimum atomic E-state index is -0.840. The summed E-state index contributed by atoms with van der Waals surface area (Å²) in [5, 5.41) is 17.0. The van der Waals surface area contributed by atoms with Gasteiger partial charge in [0.05, 0.1) is 34.6 Å². The molecule has 3 heterocycles. The average molecular weight is 419 g/mol. The molecule has 0 aliphatic heterocycles. The van der Waals surface area contributed by atoms with Crippen molar-refractivity contribution in [2.24, 2.45) is 0 Å². The first-order valence-electron chi connectivity index (χ1n) is 9.08. The highest BCUT2D eigenvalue weighted by molar-refractivity contribution is 5.69. The summed E-state index contributed by atoms with van der Waals surface area (Å²) in [7, 11) is 0. The lowest BCUT2D eigenvalue weighted by Gasteiger charge is -2.15. The van der Waals surface area contributed by atoms with Crippen LogP contribution in [0.1, 0.15) is 19.5 Å². The molecule has 0 aliphatic rings. The van der Waals surface area contributed by atoms with Crippen LogP contribution in [0.2, 0.25) is 0 Å². The number of nitriles is 1. The van der Waals surface area contributed by atoms with Gasteiger partial charge < -0.3 is 10.2 Å². The zero-order chi connectivity index (χ0) is 22.2. The van der Waals surface area contributed by atoms with Crippen molar-refractivity contribution in [1.29, 1.82) is 5.26 Å². The van der Waals surface area contributed by atoms with Gasteiger partial charge in [0.25, 0.3) is 11.8 Å². The molecule has 2 N–H and O–H groups in total. The van der Waals surface area contributed by atoms with Gasteiger partial charge in [-0.2, -0.15) is 5.26 Å². The monoisotopic (exact) mass is 419 g/mol. The van der Waals surface area contributed by atoms with Crippen LogP contribution in [-0.2, 0) is 5.41 Å². The third kappa shape index (κ3) is 3.81. The second-order valence-electron chi connectivity index (χ2n) is 7.19. The molecule has 154 valence electrons. The fourth-order valence-corrected chi connectivity index (χ4v) is 2.77. The van der Waals surface area contributed by atoms with E-state index in [0.717, 1.165) is 12.1 Å². The number of pyridine rings is 1. The quantitative estimate of drug-likeness (QED) is 0.527. The summed E-state index contributed by atoms with van der Waals surface area (Å²) in [6.07, 6.45) is 3.04. The fourth-order valence-electron chi connectivity index (χ4n) is 2.77. The van der Waals surface area contributed by atoms with Gasteiger partial charge >= 0.3 is 0 Å². The standard InChI is InChI=1S/C21H15F2N7O/c1-21(2,10-24)16-7-11(5-6-26-16)15-9-27-18(25)17(28-15)20-30-29-19(31-20)13-4-3-12(22)8-14(13)23/h3-9H,1-2H3,(H2,25,27). The lowest BCUT2D eigenvalue weighted by molar-refractivity contribution is 0.559. The molecule has 0 radical (unpaired) electrons. The third-order valence-electron chi connectivity index (χ3n) is 4.57. The maximum atomic E-state index is 14.0. The van der Waals surface area contributed by atoms with Crippen molar-refractivity contribution < 1.29 is 13.2 Å². The molecule has 3 aromatic heterocycles. The molecule has 0 saturated carbocycles. The van der Waals surface area contributed by atoms with Crippen LogP contribution >= 0.6 is 0 Å². The number of benzene rings is 1. The van der Waals surface area contributed by atoms with Gasteiger partial charge in [0.2, 0.25) is 0 Å². The number of nitrogen functional groups attached to an aromatic ring is 1. The summed E-state index contributed by atoms with van der Waals surface area (Å²) in [4.78, 5) is 12.8. The third-order valence-corrected chi connectivity index (χ3v) is 4.57. The lowest BCUT2D eigenvalue weighted by atomic mass is 9.90. The molecule has 0 amide bonds. The van der Waals surface area contributed by atoms with E-state index in [1.807, 2.05) is 0 Å². The van der Waals surface area contributed by atoms with Crippen LogP contribution in [0.5, 0.6) is 0 Å². The number of aromatic nitrogens is 5. The van der Waals surface area contributed by atoms with E-state index in [1.165, 1.54) is 12.3 Å². The van der Waals surface area contributed by atoms with Crippen molar-refractivity contribution in [3.8, 4) is 40.4 Å². The van der Waals surface area contributed by atoms with Crippen LogP contribution < -0.4 is 5.73 Å². The van der Waals surface area contributed by atoms with E-state index in [4.69, 9.17) is 10.2 Å². The van der Waals surface area contributed by atoms with Gasteiger partial charge in [0.15, 0.2) is 11.5 Å². The normalized spacial score (nSPS) is 11.3. The van der Waals surface area contributed by atoms with Gasteiger partial charge in [-0.1, -0.05) is 0 Å². The second-order valence-corrected chi connectivity index (χ2v) is 7.19. The second kappa shape index (κ2) is 7.53. The summed E-state index contributed by atoms with van der Waals surface area (Å²) in [5.74, 6) is -1.75. The van der Waals surface area contributed by atoms with Crippen LogP contribution in [-0.4, -0.2) is 25.1 Å². The van der Waals surface area contributed by atoms with Gasteiger partial charge in [-0.05, 0) is 38.1 Å². The number of hydrogen-bond acceptors (Lipinski definition) is 8. The van der Waals surface area contributed by atoms with Gasteiger partial charge in [-0.3, -0.25) is 4.98 Å². The van der Waals surface area contributed by atoms with Crippen LogP contribution in [0.4, 0.5) is 14.6 Å². The maximum absolute atomic E-state index is 14.0. The topological polar surface area (TPSA) is 127 Å². The number of halogens is 2. The number of anilines is 1. The molecule has 1 aromatic carbocycles. The van der Waals surface area contributed by atoms with E-state index >= 15 is 0 Å². The summed E-state index contributed by atoms with van der Waals surface area (Å²) < 4.78 is 32.7. The Morgan fingerprint density at radius 3 is 2.58 bits per heavy atom. The van der Waals surface area contributed by atoms with Crippen LogP contribution in [0.15, 0.2) is 47.1 Å². The summed E-state index contributed by atoms with van der Waals surface area (Å²) in [6, 6.07) is 8.66. The van der Waals surface area contributed by atoms with Crippen molar-refractivity contribution in [1.82, 2.24) is 25.1 Å². The molecule has 4 aromatic rings. The molecule has 31 heavy (non-hydrogen) atoms. The Hall–Kier alpha value is -4.26. The Balaban J connectivity index is 1.74. The first-order chi connectivity index (χ1) is 14.8. The molecule has 0 aliphatic carbocycles. The number of nitrogens with two attached hydrogens (primary N) is 1. The van der Waals surface area contributed by atoms with E-state index in [2.05, 4.69) is 31.2 Å². The Morgan fingerprint density at radius 1 is 1.06 bits per heavy atom. The van der Waals surface area contributed by atoms with Crippen LogP contribution in [0.25, 0.3) is 34.3 Å². The van der Waals surface area contributed by atoms with E-state index in [9.17, 15) is 14.0 Å². The van der Waals surface area contributed by atoms with Gasteiger partial charge in [-0.25, -0.2) is 18.7 Å². The smallest absolute Gasteiger partial charge is 0.270 e. The molecule has 0 bridgehead atoms. The first kappa shape index (κ1) is 20.0. The maximum Gasteiger partial charge on any atom is 0.270 e. The molecule has 0 spiro atoms. The Kier molecular flexibility index (Phi) is 4.87. The summed E-state index contributed by atoms with van der Waals surface area (Å²) >= 11 is 0. The van der Waals surface area contributed by atoms with Gasteiger partial charge in [-0.15, -0.1) is 10.2 Å². The highest BCUT2D eigenvalue weighted by Crippen LogP contribution is 2.30. The van der Waals surface area contributed by atoms with Crippen LogP contribution in [0.3, 0.4) is 0 Å². The van der Waals surface area contributed by atoms with Crippen molar-refractivity contribution in [3.63, 3.8) is 0 Å². The molecular weight excluding hydrogens is 404 g/mol. The number of nitrogens with zero attached hydrogens (tertiary/aromatic N) is 6.